The lowest BCUT2D eigenvalue weighted by Crippen LogP contribution is -2.43. The molecule has 1 atom stereocenters. The molecular weight excluding hydrogens is 450 g/mol. The van der Waals surface area contributed by atoms with Gasteiger partial charge in [-0.15, -0.1) is 0 Å². The molecule has 0 aromatic heterocycles. The molecule has 0 spiro atoms. The second-order valence-corrected chi connectivity index (χ2v) is 9.55. The van der Waals surface area contributed by atoms with Gasteiger partial charge in [0.15, 0.2) is 0 Å². The first-order valence-corrected chi connectivity index (χ1v) is 11.0. The van der Waals surface area contributed by atoms with Crippen LogP contribution in [-0.2, 0) is 14.8 Å². The van der Waals surface area contributed by atoms with Crippen LogP contribution in [-0.4, -0.2) is 31.7 Å². The number of carbonyl (C=O) groups is 1. The second kappa shape index (κ2) is 8.55. The SMILES string of the molecule is O=C(Nc1cc(Cl)c(Cl)cc1Cl)[C@H]1CCCN(S(=O)(=O)c2ccc(F)cc2)C1. The number of sulfonamides is 1. The molecule has 2 aromatic carbocycles. The van der Waals surface area contributed by atoms with E-state index in [9.17, 15) is 17.6 Å². The molecule has 0 unspecified atom stereocenters. The van der Waals surface area contributed by atoms with Gasteiger partial charge in [0.2, 0.25) is 15.9 Å². The van der Waals surface area contributed by atoms with Crippen LogP contribution in [0.1, 0.15) is 12.8 Å². The van der Waals surface area contributed by atoms with Crippen LogP contribution in [0.2, 0.25) is 15.1 Å². The third-order valence-corrected chi connectivity index (χ3v) is 7.39. The molecule has 150 valence electrons. The highest BCUT2D eigenvalue weighted by Crippen LogP contribution is 2.33. The Morgan fingerprint density at radius 1 is 1.07 bits per heavy atom. The van der Waals surface area contributed by atoms with Gasteiger partial charge in [0.25, 0.3) is 0 Å². The summed E-state index contributed by atoms with van der Waals surface area (Å²) in [5.74, 6) is -1.44. The minimum atomic E-state index is -3.82. The summed E-state index contributed by atoms with van der Waals surface area (Å²) in [4.78, 5) is 12.6. The van der Waals surface area contributed by atoms with Crippen molar-refractivity contribution in [3.8, 4) is 0 Å². The van der Waals surface area contributed by atoms with E-state index >= 15 is 0 Å². The number of rotatable bonds is 4. The summed E-state index contributed by atoms with van der Waals surface area (Å²) in [6, 6.07) is 7.47. The molecule has 5 nitrogen and oxygen atoms in total. The van der Waals surface area contributed by atoms with E-state index in [1.165, 1.54) is 28.6 Å². The number of carbonyl (C=O) groups excluding carboxylic acids is 1. The van der Waals surface area contributed by atoms with E-state index < -0.39 is 21.8 Å². The number of benzene rings is 2. The summed E-state index contributed by atoms with van der Waals surface area (Å²) in [7, 11) is -3.82. The van der Waals surface area contributed by atoms with Gasteiger partial charge in [0.05, 0.1) is 31.6 Å². The summed E-state index contributed by atoms with van der Waals surface area (Å²) in [6.45, 7) is 0.307. The molecular formula is C18H16Cl3FN2O3S. The van der Waals surface area contributed by atoms with Crippen LogP contribution >= 0.6 is 34.8 Å². The van der Waals surface area contributed by atoms with E-state index in [1.54, 1.807) is 0 Å². The first kappa shape index (κ1) is 21.3. The van der Waals surface area contributed by atoms with Gasteiger partial charge in [0.1, 0.15) is 5.82 Å². The molecule has 0 aliphatic carbocycles. The minimum Gasteiger partial charge on any atom is -0.324 e. The maximum absolute atomic E-state index is 13.1. The third kappa shape index (κ3) is 4.60. The predicted molar refractivity (Wildman–Crippen MR) is 108 cm³/mol. The molecule has 28 heavy (non-hydrogen) atoms. The number of halogens is 4. The standard InChI is InChI=1S/C18H16Cl3FN2O3S/c19-14-8-16(21)17(9-15(14)20)23-18(25)11-2-1-7-24(10-11)28(26,27)13-5-3-12(22)4-6-13/h3-6,8-9,11H,1-2,7,10H2,(H,23,25)/t11-/m0/s1. The summed E-state index contributed by atoms with van der Waals surface area (Å²) >= 11 is 17.9. The molecule has 0 bridgehead atoms. The van der Waals surface area contributed by atoms with Crippen LogP contribution in [0.25, 0.3) is 0 Å². The van der Waals surface area contributed by atoms with Crippen molar-refractivity contribution in [3.63, 3.8) is 0 Å². The number of hydrogen-bond acceptors (Lipinski definition) is 3. The van der Waals surface area contributed by atoms with Crippen LogP contribution in [0.5, 0.6) is 0 Å². The van der Waals surface area contributed by atoms with Gasteiger partial charge < -0.3 is 5.32 Å². The molecule has 2 aromatic rings. The number of hydrogen-bond donors (Lipinski definition) is 1. The van der Waals surface area contributed by atoms with Crippen molar-refractivity contribution in [3.05, 3.63) is 57.3 Å². The quantitative estimate of drug-likeness (QED) is 0.658. The fourth-order valence-electron chi connectivity index (χ4n) is 2.98. The third-order valence-electron chi connectivity index (χ3n) is 4.47. The van der Waals surface area contributed by atoms with Gasteiger partial charge in [-0.1, -0.05) is 34.8 Å². The van der Waals surface area contributed by atoms with E-state index in [0.717, 1.165) is 12.1 Å². The molecule has 10 heteroatoms. The smallest absolute Gasteiger partial charge is 0.243 e. The Kier molecular flexibility index (Phi) is 6.51. The van der Waals surface area contributed by atoms with Crippen LogP contribution in [0, 0.1) is 11.7 Å². The summed E-state index contributed by atoms with van der Waals surface area (Å²) in [6.07, 6.45) is 1.05. The lowest BCUT2D eigenvalue weighted by atomic mass is 9.98. The van der Waals surface area contributed by atoms with Gasteiger partial charge >= 0.3 is 0 Å². The molecule has 0 saturated carbocycles. The highest BCUT2D eigenvalue weighted by atomic mass is 35.5. The Morgan fingerprint density at radius 2 is 1.71 bits per heavy atom. The first-order chi connectivity index (χ1) is 13.2. The van der Waals surface area contributed by atoms with E-state index in [2.05, 4.69) is 5.32 Å². The van der Waals surface area contributed by atoms with E-state index in [4.69, 9.17) is 34.8 Å². The second-order valence-electron chi connectivity index (χ2n) is 6.39. The van der Waals surface area contributed by atoms with E-state index in [0.29, 0.717) is 18.5 Å². The fourth-order valence-corrected chi connectivity index (χ4v) is 5.10. The topological polar surface area (TPSA) is 66.5 Å². The average Bonchev–Trinajstić information content (AvgIpc) is 2.66. The lowest BCUT2D eigenvalue weighted by molar-refractivity contribution is -0.120. The Hall–Kier alpha value is -1.38. The molecule has 0 radical (unpaired) electrons. The van der Waals surface area contributed by atoms with Gasteiger partial charge in [-0.3, -0.25) is 4.79 Å². The Morgan fingerprint density at radius 3 is 2.39 bits per heavy atom. The molecule has 1 aliphatic heterocycles. The number of anilines is 1. The van der Waals surface area contributed by atoms with Gasteiger partial charge in [-0.2, -0.15) is 4.31 Å². The molecule has 1 aliphatic rings. The van der Waals surface area contributed by atoms with E-state index in [-0.39, 0.29) is 39.0 Å². The van der Waals surface area contributed by atoms with Crippen molar-refractivity contribution in [2.45, 2.75) is 17.7 Å². The molecule has 3 rings (SSSR count). The average molecular weight is 466 g/mol. The summed E-state index contributed by atoms with van der Waals surface area (Å²) < 4.78 is 39.9. The molecule has 1 amide bonds. The van der Waals surface area contributed by atoms with Crippen LogP contribution in [0.3, 0.4) is 0 Å². The zero-order valence-electron chi connectivity index (χ0n) is 14.5. The molecule has 1 saturated heterocycles. The number of piperidine rings is 1. The predicted octanol–water partition coefficient (Wildman–Crippen LogP) is 4.83. The molecule has 1 N–H and O–H groups in total. The molecule has 1 heterocycles. The summed E-state index contributed by atoms with van der Waals surface area (Å²) in [5.41, 5.74) is 0.305. The van der Waals surface area contributed by atoms with E-state index in [1.807, 2.05) is 0 Å². The van der Waals surface area contributed by atoms with Crippen LogP contribution < -0.4 is 5.32 Å². The van der Waals surface area contributed by atoms with Crippen molar-refractivity contribution in [2.24, 2.45) is 5.92 Å². The van der Waals surface area contributed by atoms with Crippen molar-refractivity contribution >= 4 is 56.4 Å². The van der Waals surface area contributed by atoms with Gasteiger partial charge in [-0.25, -0.2) is 12.8 Å². The Balaban J connectivity index is 1.75. The van der Waals surface area contributed by atoms with Crippen LogP contribution in [0.15, 0.2) is 41.3 Å². The van der Waals surface area contributed by atoms with Crippen LogP contribution in [0.4, 0.5) is 10.1 Å². The zero-order valence-corrected chi connectivity index (χ0v) is 17.5. The van der Waals surface area contributed by atoms with Crippen molar-refractivity contribution in [1.29, 1.82) is 0 Å². The summed E-state index contributed by atoms with van der Waals surface area (Å²) in [5, 5.41) is 3.42. The van der Waals surface area contributed by atoms with Gasteiger partial charge in [0, 0.05) is 13.1 Å². The minimum absolute atomic E-state index is 0.0116. The first-order valence-electron chi connectivity index (χ1n) is 8.39. The maximum Gasteiger partial charge on any atom is 0.243 e. The number of nitrogens with one attached hydrogen (secondary N) is 1. The van der Waals surface area contributed by atoms with Crippen molar-refractivity contribution in [2.75, 3.05) is 18.4 Å². The highest BCUT2D eigenvalue weighted by molar-refractivity contribution is 7.89. The zero-order chi connectivity index (χ0) is 20.5. The maximum atomic E-state index is 13.1. The largest absolute Gasteiger partial charge is 0.324 e. The Labute approximate surface area is 177 Å². The normalized spacial score (nSPS) is 18.1. The Bertz CT molecular complexity index is 1000. The van der Waals surface area contributed by atoms with Gasteiger partial charge in [-0.05, 0) is 49.2 Å². The lowest BCUT2D eigenvalue weighted by Gasteiger charge is -2.31. The number of nitrogens with zero attached hydrogens (tertiary/aromatic N) is 1. The monoisotopic (exact) mass is 464 g/mol. The molecule has 1 fully saturated rings. The van der Waals surface area contributed by atoms with Crippen molar-refractivity contribution < 1.29 is 17.6 Å². The fraction of sp³-hybridized carbons (Fsp3) is 0.278. The van der Waals surface area contributed by atoms with Crippen molar-refractivity contribution in [1.82, 2.24) is 4.31 Å². The number of amides is 1. The highest BCUT2D eigenvalue weighted by Gasteiger charge is 2.33.